The molecule has 19 heteroatoms. The quantitative estimate of drug-likeness (QED) is 0.108. The minimum Gasteiger partial charge on any atom is -0.543 e. The first-order chi connectivity index (χ1) is 23.1. The zero-order valence-corrected chi connectivity index (χ0v) is 25.7. The SMILES string of the molecule is C[C@H]1O[C@@H](O[C@H]2[C@@H](Oc3cc4c(cc3O)CC(C(=O)[O-])[N+]4=C/C=C3/C=C(C(=O)O)N[C@@H](C(=O)O)C3)O[C@H](CO)[C@@H](O)[C@H]2O)[C@H](O)[C@H](O)[C@@H]1O. The molecule has 268 valence electrons. The van der Waals surface area contributed by atoms with Gasteiger partial charge in [-0.25, -0.2) is 9.59 Å². The van der Waals surface area contributed by atoms with Gasteiger partial charge in [0.15, 0.2) is 30.1 Å². The van der Waals surface area contributed by atoms with Crippen LogP contribution in [0.1, 0.15) is 18.9 Å². The van der Waals surface area contributed by atoms with Gasteiger partial charge >= 0.3 is 11.9 Å². The maximum absolute atomic E-state index is 12.1. The number of phenolic OH excluding ortho intramolecular Hbond substituents is 1. The summed E-state index contributed by atoms with van der Waals surface area (Å²) in [6.07, 6.45) is -12.7. The number of carbonyl (C=O) groups is 3. The molecule has 0 saturated carbocycles. The van der Waals surface area contributed by atoms with Gasteiger partial charge in [0.05, 0.1) is 18.8 Å². The number of nitrogens with one attached hydrogen (secondary N) is 1. The van der Waals surface area contributed by atoms with Crippen LogP contribution >= 0.6 is 0 Å². The van der Waals surface area contributed by atoms with E-state index in [-0.39, 0.29) is 35.5 Å². The number of nitrogens with zero attached hydrogens (tertiary/aromatic N) is 1. The van der Waals surface area contributed by atoms with Crippen molar-refractivity contribution in [3.63, 3.8) is 0 Å². The minimum absolute atomic E-state index is 0.141. The Balaban J connectivity index is 1.48. The molecule has 1 unspecified atom stereocenters. The topological polar surface area (TPSA) is 308 Å². The van der Waals surface area contributed by atoms with Crippen LogP contribution in [0, 0.1) is 0 Å². The predicted octanol–water partition coefficient (Wildman–Crippen LogP) is -4.85. The molecule has 12 atom stereocenters. The molecule has 0 aromatic heterocycles. The molecular formula is C30H36N2O17. The molecular weight excluding hydrogens is 660 g/mol. The van der Waals surface area contributed by atoms with Gasteiger partial charge in [-0.05, 0) is 24.6 Å². The fourth-order valence-electron chi connectivity index (χ4n) is 5.98. The fourth-order valence-corrected chi connectivity index (χ4v) is 5.98. The number of aliphatic hydroxyl groups is 6. The molecule has 4 aliphatic rings. The third-order valence-electron chi connectivity index (χ3n) is 8.70. The van der Waals surface area contributed by atoms with Gasteiger partial charge in [-0.2, -0.15) is 4.58 Å². The fraction of sp³-hybridized carbons (Fsp3) is 0.533. The third kappa shape index (κ3) is 7.25. The molecule has 0 spiro atoms. The molecule has 10 N–H and O–H groups in total. The second-order valence-corrected chi connectivity index (χ2v) is 12.0. The number of carbonyl (C=O) groups excluding carboxylic acids is 1. The number of allylic oxidation sites excluding steroid dienone is 2. The van der Waals surface area contributed by atoms with Crippen molar-refractivity contribution in [1.29, 1.82) is 0 Å². The molecule has 0 bridgehead atoms. The summed E-state index contributed by atoms with van der Waals surface area (Å²) >= 11 is 0. The average Bonchev–Trinajstić information content (AvgIpc) is 3.41. The summed E-state index contributed by atoms with van der Waals surface area (Å²) in [6.45, 7) is 0.583. The lowest BCUT2D eigenvalue weighted by Crippen LogP contribution is -2.64. The molecule has 2 saturated heterocycles. The maximum atomic E-state index is 12.1. The van der Waals surface area contributed by atoms with Crippen molar-refractivity contribution in [3.8, 4) is 11.5 Å². The summed E-state index contributed by atoms with van der Waals surface area (Å²) in [5.41, 5.74) is 0.322. The standard InChI is InChI=1S/C30H36N2O17/c1-10-20(35)22(37)24(39)29(46-10)49-25-23(38)21(36)19(9-33)48-30(25)47-18-8-15-12(7-17(18)34)6-16(28(44)45)32(15)3-2-11-4-13(26(40)41)31-14(5-11)27(42)43/h2-4,7-8,10,14,16,19-25,29-30,33,35-39H,5-6,9H2,1H3,(H4,34,40,41,42,43,44,45)/t10-,14-,16?,19-,20-,21-,22-,23-,24-,25-,29+,30+/m1/s1. The van der Waals surface area contributed by atoms with Crippen LogP contribution in [0.15, 0.2) is 35.6 Å². The molecule has 5 rings (SSSR count). The predicted molar refractivity (Wildman–Crippen MR) is 155 cm³/mol. The van der Waals surface area contributed by atoms with Gasteiger partial charge in [-0.3, -0.25) is 0 Å². The second kappa shape index (κ2) is 14.4. The van der Waals surface area contributed by atoms with E-state index < -0.39 is 104 Å². The number of phenols is 1. The van der Waals surface area contributed by atoms with Crippen LogP contribution in [-0.2, 0) is 35.0 Å². The number of carboxylic acid groups (broad SMARTS) is 3. The Morgan fingerprint density at radius 3 is 2.35 bits per heavy atom. The van der Waals surface area contributed by atoms with Crippen molar-refractivity contribution in [2.45, 2.75) is 93.3 Å². The molecule has 4 aliphatic heterocycles. The molecule has 2 fully saturated rings. The first kappa shape index (κ1) is 36.1. The number of carboxylic acids is 3. The number of aromatic hydroxyl groups is 1. The average molecular weight is 697 g/mol. The van der Waals surface area contributed by atoms with Crippen molar-refractivity contribution < 1.29 is 89.0 Å². The maximum Gasteiger partial charge on any atom is 0.351 e. The van der Waals surface area contributed by atoms with Gasteiger partial charge in [-0.15, -0.1) is 0 Å². The van der Waals surface area contributed by atoms with Gasteiger partial charge in [0.2, 0.25) is 18.0 Å². The van der Waals surface area contributed by atoms with Crippen LogP contribution in [0.3, 0.4) is 0 Å². The number of hydrogen-bond donors (Lipinski definition) is 10. The molecule has 1 aromatic rings. The highest BCUT2D eigenvalue weighted by atomic mass is 16.8. The number of hydrogen-bond acceptors (Lipinski definition) is 16. The Labute approximate surface area is 276 Å². The highest BCUT2D eigenvalue weighted by molar-refractivity contribution is 5.89. The summed E-state index contributed by atoms with van der Waals surface area (Å²) in [5.74, 6) is -5.12. The summed E-state index contributed by atoms with van der Waals surface area (Å²) in [5, 5.41) is 106. The summed E-state index contributed by atoms with van der Waals surface area (Å²) in [4.78, 5) is 35.2. The highest BCUT2D eigenvalue weighted by Crippen LogP contribution is 2.41. The Bertz CT molecular complexity index is 1560. The zero-order valence-electron chi connectivity index (χ0n) is 25.7. The lowest BCUT2D eigenvalue weighted by Gasteiger charge is -2.45. The summed E-state index contributed by atoms with van der Waals surface area (Å²) in [6, 6.07) is -0.193. The van der Waals surface area contributed by atoms with E-state index in [1.165, 1.54) is 42.0 Å². The van der Waals surface area contributed by atoms with E-state index in [2.05, 4.69) is 5.32 Å². The van der Waals surface area contributed by atoms with Crippen molar-refractivity contribution in [2.24, 2.45) is 0 Å². The number of benzene rings is 1. The molecule has 0 radical (unpaired) electrons. The van der Waals surface area contributed by atoms with E-state index in [0.717, 1.165) is 0 Å². The van der Waals surface area contributed by atoms with Crippen molar-refractivity contribution in [1.82, 2.24) is 5.32 Å². The van der Waals surface area contributed by atoms with E-state index in [0.29, 0.717) is 5.56 Å². The van der Waals surface area contributed by atoms with Crippen LogP contribution in [0.4, 0.5) is 5.69 Å². The summed E-state index contributed by atoms with van der Waals surface area (Å²) in [7, 11) is 0. The van der Waals surface area contributed by atoms with E-state index in [9.17, 15) is 65.4 Å². The summed E-state index contributed by atoms with van der Waals surface area (Å²) < 4.78 is 23.8. The van der Waals surface area contributed by atoms with Gasteiger partial charge in [0, 0.05) is 24.5 Å². The van der Waals surface area contributed by atoms with Crippen molar-refractivity contribution in [2.75, 3.05) is 6.61 Å². The monoisotopic (exact) mass is 696 g/mol. The molecule has 0 aliphatic carbocycles. The van der Waals surface area contributed by atoms with Crippen LogP contribution in [0.2, 0.25) is 0 Å². The van der Waals surface area contributed by atoms with Crippen molar-refractivity contribution >= 4 is 29.8 Å². The molecule has 4 heterocycles. The molecule has 49 heavy (non-hydrogen) atoms. The van der Waals surface area contributed by atoms with Gasteiger partial charge in [0.1, 0.15) is 54.3 Å². The van der Waals surface area contributed by atoms with Gasteiger partial charge < -0.3 is 80.1 Å². The number of aliphatic hydroxyl groups excluding tert-OH is 6. The van der Waals surface area contributed by atoms with E-state index in [4.69, 9.17) is 18.9 Å². The van der Waals surface area contributed by atoms with E-state index in [1.54, 1.807) is 0 Å². The Morgan fingerprint density at radius 2 is 1.71 bits per heavy atom. The first-order valence-corrected chi connectivity index (χ1v) is 15.1. The lowest BCUT2D eigenvalue weighted by atomic mass is 9.97. The normalized spacial score (nSPS) is 37.7. The molecule has 0 amide bonds. The molecule has 19 nitrogen and oxygen atoms in total. The smallest absolute Gasteiger partial charge is 0.351 e. The number of ether oxygens (including phenoxy) is 4. The Morgan fingerprint density at radius 1 is 1.00 bits per heavy atom. The Hall–Kier alpha value is -4.18. The van der Waals surface area contributed by atoms with Crippen LogP contribution < -0.4 is 15.2 Å². The van der Waals surface area contributed by atoms with Gasteiger partial charge in [-0.1, -0.05) is 0 Å². The number of aliphatic carboxylic acids is 3. The third-order valence-corrected chi connectivity index (χ3v) is 8.70. The van der Waals surface area contributed by atoms with Crippen LogP contribution in [0.25, 0.3) is 0 Å². The lowest BCUT2D eigenvalue weighted by molar-refractivity contribution is -0.475. The van der Waals surface area contributed by atoms with Crippen molar-refractivity contribution in [3.05, 3.63) is 41.1 Å². The largest absolute Gasteiger partial charge is 0.543 e. The van der Waals surface area contributed by atoms with E-state index >= 15 is 0 Å². The van der Waals surface area contributed by atoms with E-state index in [1.807, 2.05) is 0 Å². The Kier molecular flexibility index (Phi) is 10.6. The zero-order chi connectivity index (χ0) is 35.9. The highest BCUT2D eigenvalue weighted by Gasteiger charge is 2.51. The van der Waals surface area contributed by atoms with Crippen LogP contribution in [-0.4, -0.2) is 155 Å². The second-order valence-electron chi connectivity index (χ2n) is 12.0. The van der Waals surface area contributed by atoms with Crippen LogP contribution in [0.5, 0.6) is 11.5 Å². The minimum atomic E-state index is -1.86. The molecule has 1 aromatic carbocycles. The number of fused-ring (bicyclic) bond motifs is 1. The number of rotatable bonds is 9. The first-order valence-electron chi connectivity index (χ1n) is 15.1. The van der Waals surface area contributed by atoms with Gasteiger partial charge in [0.25, 0.3) is 0 Å².